The molecule has 0 amide bonds. The van der Waals surface area contributed by atoms with Crippen LogP contribution in [0.15, 0.2) is 24.5 Å². The van der Waals surface area contributed by atoms with Crippen molar-refractivity contribution >= 4 is 5.97 Å². The van der Waals surface area contributed by atoms with Crippen LogP contribution in [-0.4, -0.2) is 140 Å². The standard InChI is InChI=1S/C22H32O15/c1-2-8-19(33-6-9-18(30)32-4-3-22(8,9)31)37-21-17(29)15(27)13(25)11(36-21)7-34-20-16(28)14(26)12(24)10(5-23)35-20/h2,6,8,10-17,19-21,23-29,31H,1,3-5,7H2. The van der Waals surface area contributed by atoms with Crippen LogP contribution < -0.4 is 0 Å². The van der Waals surface area contributed by atoms with Crippen molar-refractivity contribution in [1.82, 2.24) is 0 Å². The predicted molar refractivity (Wildman–Crippen MR) is 115 cm³/mol. The van der Waals surface area contributed by atoms with Gasteiger partial charge in [-0.05, 0) is 0 Å². The highest BCUT2D eigenvalue weighted by Crippen LogP contribution is 2.42. The molecule has 210 valence electrons. The van der Waals surface area contributed by atoms with Gasteiger partial charge in [0.15, 0.2) is 12.6 Å². The van der Waals surface area contributed by atoms with Crippen molar-refractivity contribution in [3.63, 3.8) is 0 Å². The maximum absolute atomic E-state index is 12.1. The highest BCUT2D eigenvalue weighted by Gasteiger charge is 2.55. The lowest BCUT2D eigenvalue weighted by Gasteiger charge is -2.47. The summed E-state index contributed by atoms with van der Waals surface area (Å²) in [6.07, 6.45) is -15.0. The Morgan fingerprint density at radius 1 is 0.946 bits per heavy atom. The van der Waals surface area contributed by atoms with Gasteiger partial charge in [0.1, 0.15) is 60.0 Å². The molecule has 4 rings (SSSR count). The second-order valence-electron chi connectivity index (χ2n) is 9.29. The third-order valence-corrected chi connectivity index (χ3v) is 7.03. The van der Waals surface area contributed by atoms with Gasteiger partial charge in [0, 0.05) is 6.42 Å². The van der Waals surface area contributed by atoms with Crippen molar-refractivity contribution < 1.29 is 74.1 Å². The van der Waals surface area contributed by atoms with Gasteiger partial charge in [-0.3, -0.25) is 0 Å². The van der Waals surface area contributed by atoms with Gasteiger partial charge in [-0.2, -0.15) is 0 Å². The molecule has 0 bridgehead atoms. The number of hydrogen-bond donors (Lipinski definition) is 8. The highest BCUT2D eigenvalue weighted by molar-refractivity contribution is 5.91. The van der Waals surface area contributed by atoms with E-state index in [1.807, 2.05) is 0 Å². The normalized spacial score (nSPS) is 48.3. The molecule has 0 aliphatic carbocycles. The van der Waals surface area contributed by atoms with E-state index in [4.69, 9.17) is 28.4 Å². The van der Waals surface area contributed by atoms with Crippen LogP contribution >= 0.6 is 0 Å². The van der Waals surface area contributed by atoms with Crippen molar-refractivity contribution in [2.24, 2.45) is 5.92 Å². The SMILES string of the molecule is C=CC1C(OC2OC(COC3OC(CO)C(O)C(O)C3O)C(O)C(O)C2O)OC=C2C(=O)OCCC21O. The Labute approximate surface area is 210 Å². The largest absolute Gasteiger partial charge is 0.471 e. The molecule has 0 aromatic rings. The van der Waals surface area contributed by atoms with Crippen molar-refractivity contribution in [3.8, 4) is 0 Å². The lowest BCUT2D eigenvalue weighted by Crippen LogP contribution is -2.62. The van der Waals surface area contributed by atoms with Crippen molar-refractivity contribution in [3.05, 3.63) is 24.5 Å². The number of aliphatic hydroxyl groups is 8. The third kappa shape index (κ3) is 5.15. The van der Waals surface area contributed by atoms with Gasteiger partial charge in [-0.1, -0.05) is 6.08 Å². The minimum Gasteiger partial charge on any atom is -0.471 e. The Bertz CT molecular complexity index is 865. The average Bonchev–Trinajstić information content (AvgIpc) is 2.87. The summed E-state index contributed by atoms with van der Waals surface area (Å²) in [6, 6.07) is 0. The van der Waals surface area contributed by atoms with E-state index < -0.39 is 98.4 Å². The molecule has 0 aromatic heterocycles. The van der Waals surface area contributed by atoms with Crippen LogP contribution in [0.1, 0.15) is 6.42 Å². The zero-order valence-electron chi connectivity index (χ0n) is 19.6. The summed E-state index contributed by atoms with van der Waals surface area (Å²) >= 11 is 0. The van der Waals surface area contributed by atoms with E-state index in [-0.39, 0.29) is 18.6 Å². The molecule has 15 heteroatoms. The maximum atomic E-state index is 12.1. The predicted octanol–water partition coefficient (Wildman–Crippen LogP) is -4.65. The van der Waals surface area contributed by atoms with Crippen LogP contribution in [0, 0.1) is 5.92 Å². The molecule has 15 nitrogen and oxygen atoms in total. The lowest BCUT2D eigenvalue weighted by atomic mass is 9.76. The van der Waals surface area contributed by atoms with Crippen molar-refractivity contribution in [1.29, 1.82) is 0 Å². The number of rotatable bonds is 7. The molecular weight excluding hydrogens is 504 g/mol. The second-order valence-corrected chi connectivity index (χ2v) is 9.29. The molecule has 3 fully saturated rings. The molecular formula is C22H32O15. The van der Waals surface area contributed by atoms with E-state index in [1.165, 1.54) is 6.08 Å². The number of hydrogen-bond acceptors (Lipinski definition) is 15. The average molecular weight is 536 g/mol. The first-order valence-corrected chi connectivity index (χ1v) is 11.7. The van der Waals surface area contributed by atoms with Crippen LogP contribution in [0.2, 0.25) is 0 Å². The van der Waals surface area contributed by atoms with E-state index in [1.54, 1.807) is 0 Å². The van der Waals surface area contributed by atoms with Gasteiger partial charge in [-0.15, -0.1) is 6.58 Å². The number of aliphatic hydroxyl groups excluding tert-OH is 7. The molecule has 3 saturated heterocycles. The van der Waals surface area contributed by atoms with Crippen LogP contribution in [0.25, 0.3) is 0 Å². The maximum Gasteiger partial charge on any atom is 0.340 e. The number of carbonyl (C=O) groups excluding carboxylic acids is 1. The molecule has 13 atom stereocenters. The third-order valence-electron chi connectivity index (χ3n) is 7.03. The molecule has 4 heterocycles. The van der Waals surface area contributed by atoms with Gasteiger partial charge < -0.3 is 69.3 Å². The Hall–Kier alpha value is -1.73. The molecule has 0 radical (unpaired) electrons. The Kier molecular flexibility index (Phi) is 8.54. The van der Waals surface area contributed by atoms with Crippen LogP contribution in [-0.2, 0) is 33.2 Å². The van der Waals surface area contributed by atoms with Gasteiger partial charge in [0.05, 0.1) is 32.0 Å². The van der Waals surface area contributed by atoms with Crippen molar-refractivity contribution in [2.45, 2.75) is 79.7 Å². The van der Waals surface area contributed by atoms with Gasteiger partial charge >= 0.3 is 5.97 Å². The minimum atomic E-state index is -1.79. The summed E-state index contributed by atoms with van der Waals surface area (Å²) in [7, 11) is 0. The van der Waals surface area contributed by atoms with Crippen LogP contribution in [0.4, 0.5) is 0 Å². The fourth-order valence-corrected chi connectivity index (χ4v) is 4.75. The first kappa shape index (κ1) is 28.3. The Morgan fingerprint density at radius 2 is 1.57 bits per heavy atom. The first-order chi connectivity index (χ1) is 17.5. The van der Waals surface area contributed by atoms with E-state index >= 15 is 0 Å². The highest BCUT2D eigenvalue weighted by atomic mass is 16.8. The number of carbonyl (C=O) groups is 1. The zero-order chi connectivity index (χ0) is 27.1. The van der Waals surface area contributed by atoms with Crippen LogP contribution in [0.3, 0.4) is 0 Å². The summed E-state index contributed by atoms with van der Waals surface area (Å²) in [6.45, 7) is 2.36. The molecule has 0 spiro atoms. The van der Waals surface area contributed by atoms with E-state index in [9.17, 15) is 45.6 Å². The molecule has 37 heavy (non-hydrogen) atoms. The fourth-order valence-electron chi connectivity index (χ4n) is 4.75. The number of ether oxygens (including phenoxy) is 6. The number of esters is 1. The van der Waals surface area contributed by atoms with Gasteiger partial charge in [0.25, 0.3) is 0 Å². The van der Waals surface area contributed by atoms with E-state index in [0.29, 0.717) is 0 Å². The second kappa shape index (κ2) is 11.2. The zero-order valence-corrected chi connectivity index (χ0v) is 19.6. The monoisotopic (exact) mass is 536 g/mol. The Balaban J connectivity index is 1.44. The first-order valence-electron chi connectivity index (χ1n) is 11.7. The van der Waals surface area contributed by atoms with Gasteiger partial charge in [0.2, 0.25) is 6.29 Å². The minimum absolute atomic E-state index is 0.0233. The lowest BCUT2D eigenvalue weighted by molar-refractivity contribution is -0.355. The summed E-state index contributed by atoms with van der Waals surface area (Å²) < 4.78 is 32.3. The van der Waals surface area contributed by atoms with Crippen LogP contribution in [0.5, 0.6) is 0 Å². The molecule has 13 unspecified atom stereocenters. The topological polar surface area (TPSA) is 234 Å². The van der Waals surface area contributed by atoms with Gasteiger partial charge in [-0.25, -0.2) is 4.79 Å². The summed E-state index contributed by atoms with van der Waals surface area (Å²) in [5.41, 5.74) is -1.86. The molecule has 4 aliphatic rings. The molecule has 8 N–H and O–H groups in total. The summed E-state index contributed by atoms with van der Waals surface area (Å²) in [4.78, 5) is 12.1. The summed E-state index contributed by atoms with van der Waals surface area (Å²) in [5.74, 6) is -1.78. The molecule has 0 aromatic carbocycles. The summed E-state index contributed by atoms with van der Waals surface area (Å²) in [5, 5.41) is 81.6. The smallest absolute Gasteiger partial charge is 0.340 e. The molecule has 4 aliphatic heterocycles. The quantitative estimate of drug-likeness (QED) is 0.113. The van der Waals surface area contributed by atoms with E-state index in [2.05, 4.69) is 6.58 Å². The van der Waals surface area contributed by atoms with Crippen molar-refractivity contribution in [2.75, 3.05) is 19.8 Å². The number of cyclic esters (lactones) is 1. The van der Waals surface area contributed by atoms with E-state index in [0.717, 1.165) is 6.26 Å². The fraction of sp³-hybridized carbons (Fsp3) is 0.773. The number of fused-ring (bicyclic) bond motifs is 1. The Morgan fingerprint density at radius 3 is 2.22 bits per heavy atom. The molecule has 0 saturated carbocycles.